The first-order valence-electron chi connectivity index (χ1n) is 14.4. The van der Waals surface area contributed by atoms with Crippen LogP contribution in [0.1, 0.15) is 33.6 Å². The summed E-state index contributed by atoms with van der Waals surface area (Å²) in [6.07, 6.45) is 1.28. The van der Waals surface area contributed by atoms with E-state index >= 15 is 0 Å². The Morgan fingerprint density at radius 1 is 1.07 bits per heavy atom. The number of methoxy groups -OCH3 is 1. The molecule has 0 radical (unpaired) electrons. The van der Waals surface area contributed by atoms with Crippen LogP contribution in [0.5, 0.6) is 11.5 Å². The maximum atomic E-state index is 14.4. The molecule has 3 fully saturated rings. The van der Waals surface area contributed by atoms with E-state index in [0.29, 0.717) is 35.9 Å². The number of nitrogens with one attached hydrogen (secondary N) is 2. The van der Waals surface area contributed by atoms with Gasteiger partial charge in [0.05, 0.1) is 42.9 Å². The lowest BCUT2D eigenvalue weighted by molar-refractivity contribution is -0.142. The molecule has 8 atom stereocenters. The lowest BCUT2D eigenvalue weighted by Crippen LogP contribution is -2.56. The number of halogens is 1. The minimum atomic E-state index is -0.860. The highest BCUT2D eigenvalue weighted by molar-refractivity contribution is 9.09. The van der Waals surface area contributed by atoms with E-state index in [4.69, 9.17) is 9.47 Å². The Morgan fingerprint density at radius 3 is 2.21 bits per heavy atom. The lowest BCUT2D eigenvalue weighted by atomic mass is 9.70. The predicted molar refractivity (Wildman–Crippen MR) is 167 cm³/mol. The molecule has 42 heavy (non-hydrogen) atoms. The van der Waals surface area contributed by atoms with Crippen LogP contribution in [0.15, 0.2) is 48.5 Å². The topological polar surface area (TPSA) is 117 Å². The molecule has 5 rings (SSSR count). The summed E-state index contributed by atoms with van der Waals surface area (Å²) in [6.45, 7) is 6.16. The number of benzene rings is 2. The number of thioether (sulfide) groups is 1. The molecular weight excluding hydrogens is 622 g/mol. The summed E-state index contributed by atoms with van der Waals surface area (Å²) >= 11 is 5.37. The molecule has 3 amide bonds. The third-order valence-electron chi connectivity index (χ3n) is 8.91. The van der Waals surface area contributed by atoms with Crippen LogP contribution >= 0.6 is 27.7 Å². The molecular formula is C31H38BrN3O6S. The average molecular weight is 661 g/mol. The first-order valence-corrected chi connectivity index (χ1v) is 16.2. The highest BCUT2D eigenvalue weighted by atomic mass is 79.9. The number of hydrogen-bond acceptors (Lipinski definition) is 7. The molecule has 226 valence electrons. The highest BCUT2D eigenvalue weighted by Gasteiger charge is 2.76. The SMILES string of the molecule is CCOc1ccc(NC(=O)[C@H]2[C@@H]3SC4(CC3Br)C(C(=O)Nc3ccc(OC)cc3)N([C@@H](CO)[C@@H](C)CC)C(=O)[C@H]24)cc1. The van der Waals surface area contributed by atoms with Crippen LogP contribution in [-0.4, -0.2) is 75.0 Å². The summed E-state index contributed by atoms with van der Waals surface area (Å²) in [4.78, 5) is 44.0. The summed E-state index contributed by atoms with van der Waals surface area (Å²) in [5, 5.41) is 16.4. The monoisotopic (exact) mass is 659 g/mol. The van der Waals surface area contributed by atoms with Crippen molar-refractivity contribution >= 4 is 56.8 Å². The number of nitrogens with zero attached hydrogens (tertiary/aromatic N) is 1. The van der Waals surface area contributed by atoms with E-state index in [0.717, 1.165) is 6.42 Å². The summed E-state index contributed by atoms with van der Waals surface area (Å²) in [6, 6.07) is 12.8. The van der Waals surface area contributed by atoms with Crippen molar-refractivity contribution in [1.82, 2.24) is 4.90 Å². The van der Waals surface area contributed by atoms with Gasteiger partial charge in [0.15, 0.2) is 0 Å². The normalized spacial score (nSPS) is 29.1. The van der Waals surface area contributed by atoms with Crippen LogP contribution in [0.3, 0.4) is 0 Å². The second kappa shape index (κ2) is 12.5. The molecule has 9 nitrogen and oxygen atoms in total. The van der Waals surface area contributed by atoms with Crippen LogP contribution in [-0.2, 0) is 14.4 Å². The standard InChI is InChI=1S/C31H38BrN3O6S/c1-5-17(3)23(16-36)35-27(29(38)34-19-7-11-20(40-4)12-8-19)31-15-22(32)26(42-31)24(25(31)30(35)39)28(37)33-18-9-13-21(14-10-18)41-6-2/h7-14,17,22-27,36H,5-6,15-16H2,1-4H3,(H,33,37)(H,34,38)/t17-,22?,23-,24+,25-,26+,27?,31?/m0/s1. The molecule has 3 saturated heterocycles. The Labute approximate surface area is 259 Å². The minimum Gasteiger partial charge on any atom is -0.497 e. The first kappa shape index (κ1) is 30.7. The van der Waals surface area contributed by atoms with Crippen molar-refractivity contribution in [1.29, 1.82) is 0 Å². The highest BCUT2D eigenvalue weighted by Crippen LogP contribution is 2.68. The van der Waals surface area contributed by atoms with E-state index in [1.165, 1.54) is 0 Å². The molecule has 0 aliphatic carbocycles. The van der Waals surface area contributed by atoms with Crippen LogP contribution in [0, 0.1) is 17.8 Å². The summed E-state index contributed by atoms with van der Waals surface area (Å²) < 4.78 is 9.93. The molecule has 3 aliphatic rings. The van der Waals surface area contributed by atoms with Gasteiger partial charge in [-0.25, -0.2) is 0 Å². The summed E-state index contributed by atoms with van der Waals surface area (Å²) in [5.74, 6) is -0.847. The third kappa shape index (κ3) is 5.28. The van der Waals surface area contributed by atoms with Crippen molar-refractivity contribution in [2.75, 3.05) is 31.0 Å². The largest absolute Gasteiger partial charge is 0.497 e. The van der Waals surface area contributed by atoms with Gasteiger partial charge in [-0.1, -0.05) is 36.2 Å². The number of hydrogen-bond donors (Lipinski definition) is 3. The number of anilines is 2. The quantitative estimate of drug-likeness (QED) is 0.303. The molecule has 11 heteroatoms. The third-order valence-corrected chi connectivity index (χ3v) is 12.1. The van der Waals surface area contributed by atoms with E-state index in [1.54, 1.807) is 72.3 Å². The van der Waals surface area contributed by atoms with Gasteiger partial charge in [0.1, 0.15) is 17.5 Å². The van der Waals surface area contributed by atoms with E-state index in [2.05, 4.69) is 26.6 Å². The van der Waals surface area contributed by atoms with Gasteiger partial charge in [-0.15, -0.1) is 11.8 Å². The van der Waals surface area contributed by atoms with E-state index in [9.17, 15) is 19.5 Å². The fraction of sp³-hybridized carbons (Fsp3) is 0.516. The molecule has 2 aromatic carbocycles. The number of carbonyl (C=O) groups is 3. The Kier molecular flexibility index (Phi) is 9.10. The van der Waals surface area contributed by atoms with Crippen molar-refractivity contribution in [3.63, 3.8) is 0 Å². The Morgan fingerprint density at radius 2 is 1.67 bits per heavy atom. The number of likely N-dealkylation sites (tertiary alicyclic amines) is 1. The molecule has 2 aromatic rings. The van der Waals surface area contributed by atoms with Gasteiger partial charge in [0, 0.05) is 21.5 Å². The number of alkyl halides is 1. The van der Waals surface area contributed by atoms with Crippen molar-refractivity contribution in [2.24, 2.45) is 17.8 Å². The van der Waals surface area contributed by atoms with Crippen molar-refractivity contribution in [2.45, 2.75) is 60.5 Å². The van der Waals surface area contributed by atoms with Crippen molar-refractivity contribution in [3.05, 3.63) is 48.5 Å². The number of ether oxygens (including phenoxy) is 2. The van der Waals surface area contributed by atoms with E-state index < -0.39 is 28.7 Å². The zero-order chi connectivity index (χ0) is 30.2. The average Bonchev–Trinajstić information content (AvgIpc) is 3.58. The van der Waals surface area contributed by atoms with Gasteiger partial charge >= 0.3 is 0 Å². The Balaban J connectivity index is 1.49. The van der Waals surface area contributed by atoms with Crippen molar-refractivity contribution in [3.8, 4) is 11.5 Å². The second-order valence-electron chi connectivity index (χ2n) is 11.2. The van der Waals surface area contributed by atoms with Gasteiger partial charge < -0.3 is 30.1 Å². The Hall–Kier alpha value is -2.76. The van der Waals surface area contributed by atoms with Gasteiger partial charge in [0.2, 0.25) is 17.7 Å². The number of carbonyl (C=O) groups excluding carboxylic acids is 3. The molecule has 0 aromatic heterocycles. The molecule has 2 bridgehead atoms. The number of rotatable bonds is 11. The number of aliphatic hydroxyl groups excluding tert-OH is 1. The smallest absolute Gasteiger partial charge is 0.248 e. The molecule has 1 spiro atoms. The zero-order valence-electron chi connectivity index (χ0n) is 24.2. The maximum Gasteiger partial charge on any atom is 0.248 e. The predicted octanol–water partition coefficient (Wildman–Crippen LogP) is 4.54. The molecule has 0 saturated carbocycles. The number of fused-ring (bicyclic) bond motifs is 1. The molecule has 3 heterocycles. The minimum absolute atomic E-state index is 0.0523. The first-order chi connectivity index (χ1) is 20.2. The fourth-order valence-corrected chi connectivity index (χ4v) is 10.3. The van der Waals surface area contributed by atoms with E-state index in [-0.39, 0.29) is 40.3 Å². The van der Waals surface area contributed by atoms with Crippen molar-refractivity contribution < 1.29 is 29.0 Å². The maximum absolute atomic E-state index is 14.4. The van der Waals surface area contributed by atoms with Crippen LogP contribution in [0.25, 0.3) is 0 Å². The molecule has 3 aliphatic heterocycles. The van der Waals surface area contributed by atoms with Crippen LogP contribution in [0.4, 0.5) is 11.4 Å². The Bertz CT molecular complexity index is 1310. The lowest BCUT2D eigenvalue weighted by Gasteiger charge is -2.39. The number of aliphatic hydroxyl groups is 1. The zero-order valence-corrected chi connectivity index (χ0v) is 26.6. The summed E-state index contributed by atoms with van der Waals surface area (Å²) in [7, 11) is 1.58. The molecule has 3 unspecified atom stereocenters. The van der Waals surface area contributed by atoms with Gasteiger partial charge in [-0.3, -0.25) is 14.4 Å². The number of amides is 3. The van der Waals surface area contributed by atoms with E-state index in [1.807, 2.05) is 20.8 Å². The molecule has 3 N–H and O–H groups in total. The van der Waals surface area contributed by atoms with Gasteiger partial charge in [0.25, 0.3) is 0 Å². The van der Waals surface area contributed by atoms with Gasteiger partial charge in [-0.2, -0.15) is 0 Å². The van der Waals surface area contributed by atoms with Gasteiger partial charge in [-0.05, 0) is 67.8 Å². The van der Waals surface area contributed by atoms with Crippen LogP contribution in [0.2, 0.25) is 0 Å². The fourth-order valence-electron chi connectivity index (χ4n) is 6.75. The van der Waals surface area contributed by atoms with Crippen LogP contribution < -0.4 is 20.1 Å². The second-order valence-corrected chi connectivity index (χ2v) is 13.9. The summed E-state index contributed by atoms with van der Waals surface area (Å²) in [5.41, 5.74) is 1.19.